The van der Waals surface area contributed by atoms with Crippen molar-refractivity contribution >= 4 is 0 Å². The van der Waals surface area contributed by atoms with Crippen LogP contribution in [0.2, 0.25) is 0 Å². The molecule has 2 nitrogen and oxygen atoms in total. The Kier molecular flexibility index (Phi) is 6.10. The van der Waals surface area contributed by atoms with Gasteiger partial charge in [0.2, 0.25) is 0 Å². The van der Waals surface area contributed by atoms with Crippen LogP contribution in [0.1, 0.15) is 36.8 Å². The SMILES string of the molecule is c1ccc(CCc2ccccc2OCCC2CCCCN2)cc1. The van der Waals surface area contributed by atoms with E-state index < -0.39 is 0 Å². The molecule has 1 aliphatic rings. The van der Waals surface area contributed by atoms with E-state index >= 15 is 0 Å². The van der Waals surface area contributed by atoms with Crippen LogP contribution in [0, 0.1) is 0 Å². The summed E-state index contributed by atoms with van der Waals surface area (Å²) in [6, 6.07) is 19.8. The van der Waals surface area contributed by atoms with Crippen molar-refractivity contribution in [2.45, 2.75) is 44.6 Å². The molecule has 122 valence electrons. The zero-order valence-electron chi connectivity index (χ0n) is 13.8. The number of aryl methyl sites for hydroxylation is 2. The second-order valence-electron chi connectivity index (χ2n) is 6.38. The Morgan fingerprint density at radius 2 is 1.74 bits per heavy atom. The molecule has 1 N–H and O–H groups in total. The van der Waals surface area contributed by atoms with Gasteiger partial charge >= 0.3 is 0 Å². The van der Waals surface area contributed by atoms with Gasteiger partial charge < -0.3 is 10.1 Å². The van der Waals surface area contributed by atoms with Crippen molar-refractivity contribution in [3.63, 3.8) is 0 Å². The fraction of sp³-hybridized carbons (Fsp3) is 0.429. The van der Waals surface area contributed by atoms with Crippen molar-refractivity contribution in [1.29, 1.82) is 0 Å². The normalized spacial score (nSPS) is 17.8. The second-order valence-corrected chi connectivity index (χ2v) is 6.38. The number of piperidine rings is 1. The molecule has 1 heterocycles. The van der Waals surface area contributed by atoms with Gasteiger partial charge in [-0.3, -0.25) is 0 Å². The average Bonchev–Trinajstić information content (AvgIpc) is 2.63. The highest BCUT2D eigenvalue weighted by Gasteiger charge is 2.12. The van der Waals surface area contributed by atoms with Crippen LogP contribution in [-0.2, 0) is 12.8 Å². The van der Waals surface area contributed by atoms with E-state index in [-0.39, 0.29) is 0 Å². The maximum absolute atomic E-state index is 6.09. The molecule has 0 aliphatic carbocycles. The molecule has 0 radical (unpaired) electrons. The summed E-state index contributed by atoms with van der Waals surface area (Å²) in [6.07, 6.45) is 7.16. The van der Waals surface area contributed by atoms with E-state index in [9.17, 15) is 0 Å². The second kappa shape index (κ2) is 8.73. The van der Waals surface area contributed by atoms with Crippen LogP contribution in [0.25, 0.3) is 0 Å². The van der Waals surface area contributed by atoms with Gasteiger partial charge in [0.05, 0.1) is 6.61 Å². The van der Waals surface area contributed by atoms with Gasteiger partial charge in [0, 0.05) is 6.04 Å². The Hall–Kier alpha value is -1.80. The summed E-state index contributed by atoms with van der Waals surface area (Å²) in [5.74, 6) is 1.05. The van der Waals surface area contributed by atoms with Gasteiger partial charge in [-0.05, 0) is 55.8 Å². The van der Waals surface area contributed by atoms with Gasteiger partial charge in [0.15, 0.2) is 0 Å². The lowest BCUT2D eigenvalue weighted by molar-refractivity contribution is 0.266. The lowest BCUT2D eigenvalue weighted by Crippen LogP contribution is -2.35. The van der Waals surface area contributed by atoms with E-state index in [0.717, 1.165) is 31.6 Å². The van der Waals surface area contributed by atoms with E-state index in [1.54, 1.807) is 0 Å². The van der Waals surface area contributed by atoms with Crippen LogP contribution < -0.4 is 10.1 Å². The monoisotopic (exact) mass is 309 g/mol. The van der Waals surface area contributed by atoms with Crippen molar-refractivity contribution in [3.05, 3.63) is 65.7 Å². The molecule has 2 aromatic rings. The van der Waals surface area contributed by atoms with Gasteiger partial charge in [-0.25, -0.2) is 0 Å². The fourth-order valence-corrected chi connectivity index (χ4v) is 3.26. The van der Waals surface area contributed by atoms with Crippen LogP contribution in [0.5, 0.6) is 5.75 Å². The minimum absolute atomic E-state index is 0.639. The third-order valence-electron chi connectivity index (χ3n) is 4.63. The molecule has 1 unspecified atom stereocenters. The van der Waals surface area contributed by atoms with Gasteiger partial charge in [-0.1, -0.05) is 55.0 Å². The number of para-hydroxylation sites is 1. The molecule has 1 saturated heterocycles. The van der Waals surface area contributed by atoms with Gasteiger partial charge in [0.1, 0.15) is 5.75 Å². The number of nitrogens with one attached hydrogen (secondary N) is 1. The topological polar surface area (TPSA) is 21.3 Å². The Morgan fingerprint density at radius 1 is 0.913 bits per heavy atom. The summed E-state index contributed by atoms with van der Waals surface area (Å²) in [5.41, 5.74) is 2.70. The highest BCUT2D eigenvalue weighted by molar-refractivity contribution is 5.34. The smallest absolute Gasteiger partial charge is 0.122 e. The zero-order chi connectivity index (χ0) is 15.7. The minimum Gasteiger partial charge on any atom is -0.493 e. The first-order valence-electron chi connectivity index (χ1n) is 8.90. The molecular formula is C21H27NO. The number of benzene rings is 2. The molecule has 0 aromatic heterocycles. The van der Waals surface area contributed by atoms with Gasteiger partial charge in [0.25, 0.3) is 0 Å². The first-order valence-corrected chi connectivity index (χ1v) is 8.90. The third-order valence-corrected chi connectivity index (χ3v) is 4.63. The molecule has 2 heteroatoms. The molecule has 1 aliphatic heterocycles. The maximum atomic E-state index is 6.09. The lowest BCUT2D eigenvalue weighted by atomic mass is 10.0. The first kappa shape index (κ1) is 16.1. The number of hydrogen-bond acceptors (Lipinski definition) is 2. The largest absolute Gasteiger partial charge is 0.493 e. The summed E-state index contributed by atoms with van der Waals surface area (Å²) in [6.45, 7) is 1.97. The van der Waals surface area contributed by atoms with E-state index in [2.05, 4.69) is 59.9 Å². The summed E-state index contributed by atoms with van der Waals surface area (Å²) >= 11 is 0. The fourth-order valence-electron chi connectivity index (χ4n) is 3.26. The Labute approximate surface area is 139 Å². The molecule has 0 bridgehead atoms. The maximum Gasteiger partial charge on any atom is 0.122 e. The highest BCUT2D eigenvalue weighted by atomic mass is 16.5. The van der Waals surface area contributed by atoms with Crippen LogP contribution in [0.4, 0.5) is 0 Å². The Bertz CT molecular complexity index is 575. The van der Waals surface area contributed by atoms with E-state index in [1.165, 1.54) is 36.9 Å². The molecule has 1 fully saturated rings. The van der Waals surface area contributed by atoms with Crippen molar-refractivity contribution in [2.75, 3.05) is 13.2 Å². The Balaban J connectivity index is 1.50. The van der Waals surface area contributed by atoms with Crippen molar-refractivity contribution < 1.29 is 4.74 Å². The average molecular weight is 309 g/mol. The predicted molar refractivity (Wildman–Crippen MR) is 96.0 cm³/mol. The number of rotatable bonds is 7. The summed E-state index contributed by atoms with van der Waals surface area (Å²) in [5, 5.41) is 3.59. The van der Waals surface area contributed by atoms with Gasteiger partial charge in [-0.2, -0.15) is 0 Å². The molecular weight excluding hydrogens is 282 g/mol. The van der Waals surface area contributed by atoms with Crippen molar-refractivity contribution in [1.82, 2.24) is 5.32 Å². The number of ether oxygens (including phenoxy) is 1. The summed E-state index contributed by atoms with van der Waals surface area (Å²) in [7, 11) is 0. The zero-order valence-corrected chi connectivity index (χ0v) is 13.8. The quantitative estimate of drug-likeness (QED) is 0.819. The standard InChI is InChI=1S/C21H27NO/c1-2-8-18(9-3-1)13-14-19-10-4-5-12-21(19)23-17-15-20-11-6-7-16-22-20/h1-5,8-10,12,20,22H,6-7,11,13-17H2. The molecule has 0 spiro atoms. The van der Waals surface area contributed by atoms with E-state index in [4.69, 9.17) is 4.74 Å². The summed E-state index contributed by atoms with van der Waals surface area (Å²) < 4.78 is 6.09. The molecule has 2 aromatic carbocycles. The lowest BCUT2D eigenvalue weighted by Gasteiger charge is -2.23. The molecule has 23 heavy (non-hydrogen) atoms. The van der Waals surface area contributed by atoms with Crippen molar-refractivity contribution in [2.24, 2.45) is 0 Å². The number of hydrogen-bond donors (Lipinski definition) is 1. The highest BCUT2D eigenvalue weighted by Crippen LogP contribution is 2.21. The Morgan fingerprint density at radius 3 is 2.57 bits per heavy atom. The van der Waals surface area contributed by atoms with E-state index in [0.29, 0.717) is 6.04 Å². The molecule has 0 saturated carbocycles. The predicted octanol–water partition coefficient (Wildman–Crippen LogP) is 4.38. The van der Waals surface area contributed by atoms with Crippen LogP contribution in [-0.4, -0.2) is 19.2 Å². The first-order chi connectivity index (χ1) is 11.4. The molecule has 3 rings (SSSR count). The minimum atomic E-state index is 0.639. The van der Waals surface area contributed by atoms with E-state index in [1.807, 2.05) is 0 Å². The van der Waals surface area contributed by atoms with Crippen molar-refractivity contribution in [3.8, 4) is 5.75 Å². The van der Waals surface area contributed by atoms with Crippen LogP contribution in [0.15, 0.2) is 54.6 Å². The third kappa shape index (κ3) is 5.11. The van der Waals surface area contributed by atoms with Crippen LogP contribution in [0.3, 0.4) is 0 Å². The van der Waals surface area contributed by atoms with Crippen LogP contribution >= 0.6 is 0 Å². The molecule has 1 atom stereocenters. The summed E-state index contributed by atoms with van der Waals surface area (Å²) in [4.78, 5) is 0. The molecule has 0 amide bonds. The van der Waals surface area contributed by atoms with Gasteiger partial charge in [-0.15, -0.1) is 0 Å².